The molecule has 144 valence electrons. The molecule has 1 fully saturated rings. The third-order valence-corrected chi connectivity index (χ3v) is 5.64. The van der Waals surface area contributed by atoms with Gasteiger partial charge in [0.1, 0.15) is 11.0 Å². The number of carbonyl (C=O) groups is 1. The van der Waals surface area contributed by atoms with Crippen LogP contribution >= 0.6 is 27.5 Å². The first-order valence-corrected chi connectivity index (χ1v) is 10.2. The Morgan fingerprint density at radius 3 is 2.43 bits per heavy atom. The van der Waals surface area contributed by atoms with E-state index in [0.29, 0.717) is 29.5 Å². The summed E-state index contributed by atoms with van der Waals surface area (Å²) in [6.45, 7) is 4.50. The lowest BCUT2D eigenvalue weighted by molar-refractivity contribution is 0.0746. The highest BCUT2D eigenvalue weighted by atomic mass is 79.9. The van der Waals surface area contributed by atoms with Crippen molar-refractivity contribution < 1.29 is 4.79 Å². The molecule has 8 heteroatoms. The molecule has 0 aliphatic carbocycles. The lowest BCUT2D eigenvalue weighted by Crippen LogP contribution is -2.49. The largest absolute Gasteiger partial charge is 0.353 e. The van der Waals surface area contributed by atoms with Gasteiger partial charge >= 0.3 is 0 Å². The standard InChI is InChI=1S/C20H19BrClN5O/c1-14-18(19(22)27(24-14)16-5-3-2-4-6-16)20(28)26-11-9-25(10-12-26)17-8-7-15(21)13-23-17/h2-8,13H,9-12H2,1H3. The number of anilines is 1. The van der Waals surface area contributed by atoms with Gasteiger partial charge in [-0.05, 0) is 47.1 Å². The second-order valence-corrected chi connectivity index (χ2v) is 7.89. The smallest absolute Gasteiger partial charge is 0.259 e. The monoisotopic (exact) mass is 459 g/mol. The van der Waals surface area contributed by atoms with Gasteiger partial charge in [-0.15, -0.1) is 0 Å². The molecule has 1 amide bonds. The van der Waals surface area contributed by atoms with Crippen LogP contribution in [0.1, 0.15) is 16.1 Å². The molecular weight excluding hydrogens is 442 g/mol. The molecule has 0 atom stereocenters. The fourth-order valence-corrected chi connectivity index (χ4v) is 3.92. The van der Waals surface area contributed by atoms with Gasteiger partial charge in [0.25, 0.3) is 5.91 Å². The van der Waals surface area contributed by atoms with E-state index in [4.69, 9.17) is 11.6 Å². The van der Waals surface area contributed by atoms with Crippen LogP contribution in [0.3, 0.4) is 0 Å². The summed E-state index contributed by atoms with van der Waals surface area (Å²) in [7, 11) is 0. The van der Waals surface area contributed by atoms with Crippen LogP contribution in [-0.4, -0.2) is 51.8 Å². The average Bonchev–Trinajstić information content (AvgIpc) is 3.03. The van der Waals surface area contributed by atoms with Crippen molar-refractivity contribution in [2.24, 2.45) is 0 Å². The van der Waals surface area contributed by atoms with Gasteiger partial charge in [-0.2, -0.15) is 5.10 Å². The number of piperazine rings is 1. The van der Waals surface area contributed by atoms with Crippen LogP contribution in [0.5, 0.6) is 0 Å². The van der Waals surface area contributed by atoms with E-state index in [1.165, 1.54) is 0 Å². The predicted molar refractivity (Wildman–Crippen MR) is 113 cm³/mol. The number of aromatic nitrogens is 3. The molecule has 4 rings (SSSR count). The van der Waals surface area contributed by atoms with Crippen molar-refractivity contribution in [1.29, 1.82) is 0 Å². The first-order chi connectivity index (χ1) is 13.5. The second-order valence-electron chi connectivity index (χ2n) is 6.61. The zero-order valence-electron chi connectivity index (χ0n) is 15.3. The maximum Gasteiger partial charge on any atom is 0.259 e. The highest BCUT2D eigenvalue weighted by Crippen LogP contribution is 2.26. The van der Waals surface area contributed by atoms with Crippen LogP contribution < -0.4 is 4.90 Å². The van der Waals surface area contributed by atoms with E-state index in [1.807, 2.05) is 54.3 Å². The van der Waals surface area contributed by atoms with Crippen molar-refractivity contribution in [1.82, 2.24) is 19.7 Å². The van der Waals surface area contributed by atoms with Crippen molar-refractivity contribution in [3.8, 4) is 5.69 Å². The van der Waals surface area contributed by atoms with E-state index >= 15 is 0 Å². The topological polar surface area (TPSA) is 54.3 Å². The molecule has 1 saturated heterocycles. The highest BCUT2D eigenvalue weighted by Gasteiger charge is 2.28. The Hall–Kier alpha value is -2.38. The van der Waals surface area contributed by atoms with Crippen LogP contribution in [0, 0.1) is 6.92 Å². The number of hydrogen-bond donors (Lipinski definition) is 0. The summed E-state index contributed by atoms with van der Waals surface area (Å²) in [5, 5.41) is 4.83. The molecule has 3 aromatic rings. The van der Waals surface area contributed by atoms with Crippen molar-refractivity contribution in [2.45, 2.75) is 6.92 Å². The molecule has 0 N–H and O–H groups in total. The van der Waals surface area contributed by atoms with Crippen molar-refractivity contribution in [3.05, 3.63) is 69.5 Å². The number of halogens is 2. The van der Waals surface area contributed by atoms with Gasteiger partial charge < -0.3 is 9.80 Å². The summed E-state index contributed by atoms with van der Waals surface area (Å²) >= 11 is 9.95. The van der Waals surface area contributed by atoms with Gasteiger partial charge in [-0.25, -0.2) is 9.67 Å². The van der Waals surface area contributed by atoms with E-state index in [0.717, 1.165) is 29.1 Å². The molecule has 0 unspecified atom stereocenters. The summed E-state index contributed by atoms with van der Waals surface area (Å²) in [6, 6.07) is 13.5. The Morgan fingerprint density at radius 2 is 1.79 bits per heavy atom. The van der Waals surface area contributed by atoms with Crippen molar-refractivity contribution >= 4 is 39.3 Å². The number of aryl methyl sites for hydroxylation is 1. The minimum absolute atomic E-state index is 0.0758. The number of hydrogen-bond acceptors (Lipinski definition) is 4. The lowest BCUT2D eigenvalue weighted by Gasteiger charge is -2.35. The number of para-hydroxylation sites is 1. The molecule has 6 nitrogen and oxygen atoms in total. The zero-order chi connectivity index (χ0) is 19.7. The number of rotatable bonds is 3. The third-order valence-electron chi connectivity index (χ3n) is 4.82. The molecule has 28 heavy (non-hydrogen) atoms. The number of benzene rings is 1. The summed E-state index contributed by atoms with van der Waals surface area (Å²) < 4.78 is 2.57. The van der Waals surface area contributed by atoms with Gasteiger partial charge in [0.15, 0.2) is 0 Å². The maximum absolute atomic E-state index is 13.1. The van der Waals surface area contributed by atoms with Crippen molar-refractivity contribution in [3.63, 3.8) is 0 Å². The number of carbonyl (C=O) groups excluding carboxylic acids is 1. The second kappa shape index (κ2) is 7.93. The molecule has 1 aromatic carbocycles. The normalized spacial score (nSPS) is 14.4. The van der Waals surface area contributed by atoms with E-state index in [9.17, 15) is 4.79 Å². The number of nitrogens with zero attached hydrogens (tertiary/aromatic N) is 5. The fraction of sp³-hybridized carbons (Fsp3) is 0.250. The van der Waals surface area contributed by atoms with Crippen LogP contribution in [0.4, 0.5) is 5.82 Å². The van der Waals surface area contributed by atoms with Gasteiger partial charge in [-0.1, -0.05) is 29.8 Å². The Kier molecular flexibility index (Phi) is 5.37. The predicted octanol–water partition coefficient (Wildman–Crippen LogP) is 3.95. The SMILES string of the molecule is Cc1nn(-c2ccccc2)c(Cl)c1C(=O)N1CCN(c2ccc(Br)cn2)CC1. The molecule has 3 heterocycles. The maximum atomic E-state index is 13.1. The summed E-state index contributed by atoms with van der Waals surface area (Å²) in [6.07, 6.45) is 1.79. The quantitative estimate of drug-likeness (QED) is 0.594. The average molecular weight is 461 g/mol. The highest BCUT2D eigenvalue weighted by molar-refractivity contribution is 9.10. The minimum Gasteiger partial charge on any atom is -0.353 e. The molecule has 1 aliphatic rings. The van der Waals surface area contributed by atoms with Gasteiger partial charge in [-0.3, -0.25) is 4.79 Å². The zero-order valence-corrected chi connectivity index (χ0v) is 17.7. The molecule has 0 bridgehead atoms. The number of pyridine rings is 1. The lowest BCUT2D eigenvalue weighted by atomic mass is 10.2. The molecule has 0 spiro atoms. The summed E-state index contributed by atoms with van der Waals surface area (Å²) in [5.74, 6) is 0.842. The van der Waals surface area contributed by atoms with E-state index < -0.39 is 0 Å². The fourth-order valence-electron chi connectivity index (χ4n) is 3.33. The molecule has 0 saturated carbocycles. The Morgan fingerprint density at radius 1 is 1.07 bits per heavy atom. The van der Waals surface area contributed by atoms with Gasteiger partial charge in [0.05, 0.1) is 16.9 Å². The number of amides is 1. The first kappa shape index (κ1) is 19.0. The van der Waals surface area contributed by atoms with Crippen LogP contribution in [-0.2, 0) is 0 Å². The van der Waals surface area contributed by atoms with Crippen LogP contribution in [0.25, 0.3) is 5.69 Å². The Balaban J connectivity index is 1.50. The summed E-state index contributed by atoms with van der Waals surface area (Å²) in [4.78, 5) is 21.6. The Labute approximate surface area is 176 Å². The molecule has 2 aromatic heterocycles. The minimum atomic E-state index is -0.0758. The summed E-state index contributed by atoms with van der Waals surface area (Å²) in [5.41, 5.74) is 1.94. The van der Waals surface area contributed by atoms with E-state index in [-0.39, 0.29) is 5.91 Å². The molecule has 0 radical (unpaired) electrons. The third kappa shape index (κ3) is 3.64. The van der Waals surface area contributed by atoms with Crippen molar-refractivity contribution in [2.75, 3.05) is 31.1 Å². The van der Waals surface area contributed by atoms with Crippen LogP contribution in [0.15, 0.2) is 53.1 Å². The van der Waals surface area contributed by atoms with Gasteiger partial charge in [0, 0.05) is 36.8 Å². The van der Waals surface area contributed by atoms with Crippen LogP contribution in [0.2, 0.25) is 5.15 Å². The molecular formula is C20H19BrClN5O. The van der Waals surface area contributed by atoms with E-state index in [2.05, 4.69) is 30.9 Å². The molecule has 1 aliphatic heterocycles. The van der Waals surface area contributed by atoms with Gasteiger partial charge in [0.2, 0.25) is 0 Å². The van der Waals surface area contributed by atoms with E-state index in [1.54, 1.807) is 10.9 Å². The Bertz CT molecular complexity index is 982. The first-order valence-electron chi connectivity index (χ1n) is 9.01.